The second kappa shape index (κ2) is 7.76. The van der Waals surface area contributed by atoms with Gasteiger partial charge in [-0.2, -0.15) is 0 Å². The molecule has 2 amide bonds. The molecular formula is C22H23N3O3. The molecule has 1 aliphatic heterocycles. The van der Waals surface area contributed by atoms with E-state index in [0.717, 1.165) is 22.0 Å². The highest BCUT2D eigenvalue weighted by molar-refractivity contribution is 5.84. The number of para-hydroxylation sites is 1. The molecule has 0 spiro atoms. The van der Waals surface area contributed by atoms with Gasteiger partial charge in [0.05, 0.1) is 5.92 Å². The Morgan fingerprint density at radius 3 is 2.64 bits per heavy atom. The van der Waals surface area contributed by atoms with Crippen LogP contribution in [-0.2, 0) is 4.79 Å². The lowest BCUT2D eigenvalue weighted by Crippen LogP contribution is -2.40. The van der Waals surface area contributed by atoms with E-state index in [9.17, 15) is 9.59 Å². The van der Waals surface area contributed by atoms with Crippen molar-refractivity contribution in [2.45, 2.75) is 12.3 Å². The summed E-state index contributed by atoms with van der Waals surface area (Å²) in [4.78, 5) is 28.6. The topological polar surface area (TPSA) is 85.4 Å². The van der Waals surface area contributed by atoms with Crippen molar-refractivity contribution in [2.75, 3.05) is 19.6 Å². The Labute approximate surface area is 163 Å². The molecule has 1 aliphatic rings. The first-order chi connectivity index (χ1) is 13.6. The first-order valence-electron chi connectivity index (χ1n) is 9.50. The van der Waals surface area contributed by atoms with E-state index in [1.807, 2.05) is 42.6 Å². The van der Waals surface area contributed by atoms with E-state index >= 15 is 0 Å². The number of rotatable bonds is 5. The zero-order chi connectivity index (χ0) is 19.5. The van der Waals surface area contributed by atoms with E-state index in [-0.39, 0.29) is 18.5 Å². The number of amides is 2. The van der Waals surface area contributed by atoms with Crippen LogP contribution >= 0.6 is 0 Å². The molecule has 1 saturated heterocycles. The summed E-state index contributed by atoms with van der Waals surface area (Å²) in [5.74, 6) is -1.31. The summed E-state index contributed by atoms with van der Waals surface area (Å²) in [7, 11) is 0. The van der Waals surface area contributed by atoms with Crippen LogP contribution in [0.3, 0.4) is 0 Å². The molecule has 3 aromatic rings. The predicted octanol–water partition coefficient (Wildman–Crippen LogP) is 3.42. The van der Waals surface area contributed by atoms with Gasteiger partial charge in [0.25, 0.3) is 0 Å². The Kier molecular flexibility index (Phi) is 5.02. The lowest BCUT2D eigenvalue weighted by Gasteiger charge is -2.21. The van der Waals surface area contributed by atoms with E-state index < -0.39 is 11.9 Å². The number of hydrogen-bond acceptors (Lipinski definition) is 2. The molecule has 2 atom stereocenters. The van der Waals surface area contributed by atoms with Crippen molar-refractivity contribution in [3.05, 3.63) is 71.9 Å². The first kappa shape index (κ1) is 18.1. The number of carbonyl (C=O) groups is 2. The molecule has 6 heteroatoms. The van der Waals surface area contributed by atoms with Crippen LogP contribution in [0.4, 0.5) is 4.79 Å². The van der Waals surface area contributed by atoms with Crippen molar-refractivity contribution >= 4 is 22.9 Å². The molecule has 0 saturated carbocycles. The van der Waals surface area contributed by atoms with E-state index in [4.69, 9.17) is 5.11 Å². The third kappa shape index (κ3) is 3.58. The number of hydrogen-bond donors (Lipinski definition) is 3. The van der Waals surface area contributed by atoms with Crippen molar-refractivity contribution in [3.63, 3.8) is 0 Å². The van der Waals surface area contributed by atoms with Gasteiger partial charge in [-0.25, -0.2) is 4.79 Å². The minimum absolute atomic E-state index is 0.000765. The summed E-state index contributed by atoms with van der Waals surface area (Å²) < 4.78 is 0. The van der Waals surface area contributed by atoms with Crippen LogP contribution in [0.15, 0.2) is 60.8 Å². The van der Waals surface area contributed by atoms with E-state index in [0.29, 0.717) is 19.5 Å². The minimum Gasteiger partial charge on any atom is -0.481 e. The molecule has 0 bridgehead atoms. The number of carboxylic acids is 1. The highest BCUT2D eigenvalue weighted by Crippen LogP contribution is 2.30. The highest BCUT2D eigenvalue weighted by Gasteiger charge is 2.31. The summed E-state index contributed by atoms with van der Waals surface area (Å²) in [6.07, 6.45) is 2.51. The fourth-order valence-electron chi connectivity index (χ4n) is 3.92. The van der Waals surface area contributed by atoms with Crippen LogP contribution in [0.25, 0.3) is 10.9 Å². The van der Waals surface area contributed by atoms with Gasteiger partial charge < -0.3 is 20.3 Å². The Hall–Kier alpha value is -3.28. The number of aromatic amines is 1. The van der Waals surface area contributed by atoms with Crippen molar-refractivity contribution in [1.82, 2.24) is 15.2 Å². The lowest BCUT2D eigenvalue weighted by atomic mass is 9.91. The second-order valence-corrected chi connectivity index (χ2v) is 7.21. The van der Waals surface area contributed by atoms with Gasteiger partial charge in [0.15, 0.2) is 0 Å². The quantitative estimate of drug-likeness (QED) is 0.637. The fourth-order valence-corrected chi connectivity index (χ4v) is 3.92. The molecule has 3 N–H and O–H groups in total. The third-order valence-electron chi connectivity index (χ3n) is 5.48. The number of carbonyl (C=O) groups excluding carboxylic acids is 1. The first-order valence-corrected chi connectivity index (χ1v) is 9.50. The number of nitrogens with zero attached hydrogens (tertiary/aromatic N) is 1. The molecule has 2 unspecified atom stereocenters. The molecular weight excluding hydrogens is 354 g/mol. The monoisotopic (exact) mass is 377 g/mol. The lowest BCUT2D eigenvalue weighted by molar-refractivity contribution is -0.141. The van der Waals surface area contributed by atoms with Crippen LogP contribution in [0.2, 0.25) is 0 Å². The van der Waals surface area contributed by atoms with Crippen molar-refractivity contribution in [1.29, 1.82) is 0 Å². The van der Waals surface area contributed by atoms with E-state index in [2.05, 4.69) is 28.5 Å². The number of H-pyrrole nitrogens is 1. The maximum atomic E-state index is 12.6. The molecule has 2 heterocycles. The SMILES string of the molecule is O=C(O)C1CCN(C(=O)NCC(c2ccccc2)c2c[nH]c3ccccc23)C1. The Bertz CT molecular complexity index is 983. The number of likely N-dealkylation sites (tertiary alicyclic amines) is 1. The standard InChI is InChI=1S/C22H23N3O3/c26-21(27)16-10-11-25(14-16)22(28)24-12-18(15-6-2-1-3-7-15)19-13-23-20-9-5-4-8-17(19)20/h1-9,13,16,18,23H,10-12,14H2,(H,24,28)(H,26,27). The number of nitrogens with one attached hydrogen (secondary N) is 2. The maximum absolute atomic E-state index is 12.6. The number of urea groups is 1. The van der Waals surface area contributed by atoms with Crippen LogP contribution in [-0.4, -0.2) is 46.6 Å². The van der Waals surface area contributed by atoms with Crippen LogP contribution < -0.4 is 5.32 Å². The Balaban J connectivity index is 1.54. The number of aromatic nitrogens is 1. The summed E-state index contributed by atoms with van der Waals surface area (Å²) in [5.41, 5.74) is 3.32. The summed E-state index contributed by atoms with van der Waals surface area (Å²) in [5, 5.41) is 13.3. The van der Waals surface area contributed by atoms with Gasteiger partial charge in [0.2, 0.25) is 0 Å². The molecule has 1 aromatic heterocycles. The molecule has 144 valence electrons. The average molecular weight is 377 g/mol. The summed E-state index contributed by atoms with van der Waals surface area (Å²) in [6, 6.07) is 18.0. The normalized spacial score (nSPS) is 17.6. The zero-order valence-electron chi connectivity index (χ0n) is 15.5. The van der Waals surface area contributed by atoms with E-state index in [1.54, 1.807) is 4.90 Å². The molecule has 2 aromatic carbocycles. The van der Waals surface area contributed by atoms with Gasteiger partial charge in [-0.15, -0.1) is 0 Å². The van der Waals surface area contributed by atoms with Gasteiger partial charge in [0, 0.05) is 42.7 Å². The van der Waals surface area contributed by atoms with Gasteiger partial charge in [-0.3, -0.25) is 4.79 Å². The van der Waals surface area contributed by atoms with Gasteiger partial charge >= 0.3 is 12.0 Å². The van der Waals surface area contributed by atoms with Crippen LogP contribution in [0.1, 0.15) is 23.5 Å². The van der Waals surface area contributed by atoms with Gasteiger partial charge in [-0.1, -0.05) is 48.5 Å². The smallest absolute Gasteiger partial charge is 0.317 e. The van der Waals surface area contributed by atoms with Crippen molar-refractivity contribution in [3.8, 4) is 0 Å². The summed E-state index contributed by atoms with van der Waals surface area (Å²) in [6.45, 7) is 1.19. The van der Waals surface area contributed by atoms with Gasteiger partial charge in [-0.05, 0) is 23.6 Å². The third-order valence-corrected chi connectivity index (χ3v) is 5.48. The maximum Gasteiger partial charge on any atom is 0.317 e. The Morgan fingerprint density at radius 2 is 1.89 bits per heavy atom. The predicted molar refractivity (Wildman–Crippen MR) is 107 cm³/mol. The number of carboxylic acid groups (broad SMARTS) is 1. The average Bonchev–Trinajstić information content (AvgIpc) is 3.37. The number of benzene rings is 2. The second-order valence-electron chi connectivity index (χ2n) is 7.21. The molecule has 1 fully saturated rings. The highest BCUT2D eigenvalue weighted by atomic mass is 16.4. The molecule has 4 rings (SSSR count). The van der Waals surface area contributed by atoms with Crippen LogP contribution in [0.5, 0.6) is 0 Å². The van der Waals surface area contributed by atoms with Gasteiger partial charge in [0.1, 0.15) is 0 Å². The number of fused-ring (bicyclic) bond motifs is 1. The minimum atomic E-state index is -0.837. The molecule has 0 radical (unpaired) electrons. The number of aliphatic carboxylic acids is 1. The summed E-state index contributed by atoms with van der Waals surface area (Å²) >= 11 is 0. The van der Waals surface area contributed by atoms with Crippen molar-refractivity contribution in [2.24, 2.45) is 5.92 Å². The molecule has 6 nitrogen and oxygen atoms in total. The molecule has 28 heavy (non-hydrogen) atoms. The Morgan fingerprint density at radius 1 is 1.14 bits per heavy atom. The fraction of sp³-hybridized carbons (Fsp3) is 0.273. The molecule has 0 aliphatic carbocycles. The van der Waals surface area contributed by atoms with Crippen molar-refractivity contribution < 1.29 is 14.7 Å². The van der Waals surface area contributed by atoms with Crippen LogP contribution in [0, 0.1) is 5.92 Å². The van der Waals surface area contributed by atoms with E-state index in [1.165, 1.54) is 0 Å². The largest absolute Gasteiger partial charge is 0.481 e. The zero-order valence-corrected chi connectivity index (χ0v) is 15.5.